The second kappa shape index (κ2) is 6.95. The predicted molar refractivity (Wildman–Crippen MR) is 105 cm³/mol. The van der Waals surface area contributed by atoms with E-state index in [0.717, 1.165) is 50.4 Å². The summed E-state index contributed by atoms with van der Waals surface area (Å²) in [6, 6.07) is 2.00. The van der Waals surface area contributed by atoms with Crippen molar-refractivity contribution < 1.29 is 4.79 Å². The van der Waals surface area contributed by atoms with Crippen LogP contribution < -0.4 is 0 Å². The molecule has 148 valence electrons. The number of carbonyl (C=O) groups excluding carboxylic acids is 1. The van der Waals surface area contributed by atoms with Crippen molar-refractivity contribution in [2.24, 2.45) is 7.05 Å². The molecule has 0 aromatic carbocycles. The summed E-state index contributed by atoms with van der Waals surface area (Å²) in [6.45, 7) is 3.47. The van der Waals surface area contributed by atoms with Gasteiger partial charge in [0.25, 0.3) is 5.91 Å². The summed E-state index contributed by atoms with van der Waals surface area (Å²) in [4.78, 5) is 27.0. The average molecular weight is 380 g/mol. The lowest BCUT2D eigenvalue weighted by molar-refractivity contribution is 0.0693. The number of nitrogens with zero attached hydrogens (tertiary/aromatic N) is 6. The number of hydrogen-bond acceptors (Lipinski definition) is 5. The highest BCUT2D eigenvalue weighted by Gasteiger charge is 2.32. The van der Waals surface area contributed by atoms with Crippen molar-refractivity contribution in [3.63, 3.8) is 0 Å². The van der Waals surface area contributed by atoms with Crippen molar-refractivity contribution in [3.05, 3.63) is 40.7 Å². The Bertz CT molecular complexity index is 902. The van der Waals surface area contributed by atoms with E-state index in [9.17, 15) is 4.79 Å². The van der Waals surface area contributed by atoms with Crippen LogP contribution in [0.4, 0.5) is 0 Å². The Morgan fingerprint density at radius 2 is 2.00 bits per heavy atom. The lowest BCUT2D eigenvalue weighted by Crippen LogP contribution is -2.40. The molecule has 28 heavy (non-hydrogen) atoms. The lowest BCUT2D eigenvalue weighted by Gasteiger charge is -2.32. The number of hydrogen-bond donors (Lipinski definition) is 0. The first-order valence-corrected chi connectivity index (χ1v) is 10.4. The summed E-state index contributed by atoms with van der Waals surface area (Å²) in [7, 11) is 4.01. The third kappa shape index (κ3) is 3.32. The van der Waals surface area contributed by atoms with Gasteiger partial charge in [0.15, 0.2) is 0 Å². The number of likely N-dealkylation sites (N-methyl/N-ethyl adjacent to an activating group) is 1. The molecule has 0 N–H and O–H groups in total. The van der Waals surface area contributed by atoms with E-state index in [2.05, 4.69) is 22.0 Å². The molecule has 0 spiro atoms. The molecule has 1 atom stereocenters. The zero-order valence-electron chi connectivity index (χ0n) is 16.8. The van der Waals surface area contributed by atoms with E-state index >= 15 is 0 Å². The van der Waals surface area contributed by atoms with Gasteiger partial charge in [-0.3, -0.25) is 9.48 Å². The molecule has 1 amide bonds. The molecule has 2 aliphatic heterocycles. The van der Waals surface area contributed by atoms with Crippen LogP contribution in [0.2, 0.25) is 0 Å². The second-order valence-electron chi connectivity index (χ2n) is 8.63. The quantitative estimate of drug-likeness (QED) is 0.816. The van der Waals surface area contributed by atoms with E-state index in [1.807, 2.05) is 24.2 Å². The van der Waals surface area contributed by atoms with Gasteiger partial charge in [-0.2, -0.15) is 5.10 Å². The Hall–Kier alpha value is -2.28. The van der Waals surface area contributed by atoms with Crippen molar-refractivity contribution in [1.82, 2.24) is 29.5 Å². The van der Waals surface area contributed by atoms with Crippen molar-refractivity contribution in [1.29, 1.82) is 0 Å². The number of likely N-dealkylation sites (tertiary alicyclic amines) is 1. The lowest BCUT2D eigenvalue weighted by atomic mass is 9.96. The Balaban J connectivity index is 1.33. The Morgan fingerprint density at radius 1 is 1.14 bits per heavy atom. The molecule has 5 rings (SSSR count). The maximum absolute atomic E-state index is 13.1. The minimum atomic E-state index is 0.0891. The van der Waals surface area contributed by atoms with Crippen molar-refractivity contribution in [3.8, 4) is 0 Å². The van der Waals surface area contributed by atoms with Gasteiger partial charge < -0.3 is 9.80 Å². The van der Waals surface area contributed by atoms with Gasteiger partial charge in [-0.05, 0) is 38.8 Å². The molecule has 1 aliphatic carbocycles. The van der Waals surface area contributed by atoms with Crippen LogP contribution in [0, 0.1) is 0 Å². The molecule has 2 aromatic rings. The zero-order valence-corrected chi connectivity index (χ0v) is 16.8. The van der Waals surface area contributed by atoms with Gasteiger partial charge in [0.2, 0.25) is 0 Å². The van der Waals surface area contributed by atoms with E-state index < -0.39 is 0 Å². The minimum Gasteiger partial charge on any atom is -0.337 e. The number of carbonyl (C=O) groups is 1. The predicted octanol–water partition coefficient (Wildman–Crippen LogP) is 2.10. The molecule has 7 heteroatoms. The summed E-state index contributed by atoms with van der Waals surface area (Å²) in [6.07, 6.45) is 7.41. The standard InChI is InChI=1S/C21H28N6O/c1-25-9-7-17-16(12-25)11-22-20(23-17)15-4-3-8-27(13-15)21(28)19-10-18(14-5-6-14)24-26(19)2/h10-11,14-15H,3-9,12-13H2,1-2H3/t15-/m0/s1. The number of piperidine rings is 1. The van der Waals surface area contributed by atoms with Gasteiger partial charge >= 0.3 is 0 Å². The Morgan fingerprint density at radius 3 is 2.82 bits per heavy atom. The number of fused-ring (bicyclic) bond motifs is 1. The molecule has 2 aromatic heterocycles. The first kappa shape index (κ1) is 17.8. The fraction of sp³-hybridized carbons (Fsp3) is 0.619. The Kier molecular flexibility index (Phi) is 4.42. The van der Waals surface area contributed by atoms with Crippen LogP contribution in [0.5, 0.6) is 0 Å². The van der Waals surface area contributed by atoms with Crippen LogP contribution in [0.1, 0.15) is 70.8 Å². The topological polar surface area (TPSA) is 67.2 Å². The number of aryl methyl sites for hydroxylation is 1. The fourth-order valence-corrected chi connectivity index (χ4v) is 4.47. The SMILES string of the molecule is CN1CCc2nc([C@H]3CCCN(C(=O)c4cc(C5CC5)nn4C)C3)ncc2C1. The highest BCUT2D eigenvalue weighted by atomic mass is 16.2. The molecule has 0 unspecified atom stereocenters. The zero-order chi connectivity index (χ0) is 19.3. The monoisotopic (exact) mass is 380 g/mol. The molecule has 7 nitrogen and oxygen atoms in total. The van der Waals surface area contributed by atoms with E-state index in [-0.39, 0.29) is 11.8 Å². The van der Waals surface area contributed by atoms with Crippen molar-refractivity contribution >= 4 is 5.91 Å². The van der Waals surface area contributed by atoms with Crippen molar-refractivity contribution in [2.75, 3.05) is 26.7 Å². The molecule has 1 saturated heterocycles. The largest absolute Gasteiger partial charge is 0.337 e. The van der Waals surface area contributed by atoms with E-state index in [1.165, 1.54) is 24.1 Å². The molecular weight excluding hydrogens is 352 g/mol. The average Bonchev–Trinajstić information content (AvgIpc) is 3.49. The van der Waals surface area contributed by atoms with Crippen LogP contribution >= 0.6 is 0 Å². The summed E-state index contributed by atoms with van der Waals surface area (Å²) in [5, 5.41) is 4.56. The minimum absolute atomic E-state index is 0.0891. The molecule has 1 saturated carbocycles. The highest BCUT2D eigenvalue weighted by Crippen LogP contribution is 2.39. The smallest absolute Gasteiger partial charge is 0.272 e. The first-order valence-electron chi connectivity index (χ1n) is 10.4. The molecular formula is C21H28N6O. The molecule has 0 radical (unpaired) electrons. The molecule has 0 bridgehead atoms. The third-order valence-electron chi connectivity index (χ3n) is 6.33. The maximum atomic E-state index is 13.1. The van der Waals surface area contributed by atoms with Gasteiger partial charge in [-0.25, -0.2) is 9.97 Å². The van der Waals surface area contributed by atoms with Gasteiger partial charge in [0.1, 0.15) is 11.5 Å². The normalized spacial score (nSPS) is 22.9. The summed E-state index contributed by atoms with van der Waals surface area (Å²) in [5.41, 5.74) is 4.20. The first-order chi connectivity index (χ1) is 13.6. The Labute approximate surface area is 165 Å². The highest BCUT2D eigenvalue weighted by molar-refractivity contribution is 5.92. The van der Waals surface area contributed by atoms with Gasteiger partial charge in [-0.15, -0.1) is 0 Å². The summed E-state index contributed by atoms with van der Waals surface area (Å²) in [5.74, 6) is 1.78. The van der Waals surface area contributed by atoms with Gasteiger partial charge in [-0.1, -0.05) is 0 Å². The van der Waals surface area contributed by atoms with Crippen LogP contribution in [0.3, 0.4) is 0 Å². The van der Waals surface area contributed by atoms with E-state index in [0.29, 0.717) is 18.2 Å². The van der Waals surface area contributed by atoms with Crippen molar-refractivity contribution in [2.45, 2.75) is 50.5 Å². The maximum Gasteiger partial charge on any atom is 0.272 e. The van der Waals surface area contributed by atoms with Gasteiger partial charge in [0.05, 0.1) is 5.69 Å². The summed E-state index contributed by atoms with van der Waals surface area (Å²) < 4.78 is 1.76. The molecule has 3 aliphatic rings. The summed E-state index contributed by atoms with van der Waals surface area (Å²) >= 11 is 0. The van der Waals surface area contributed by atoms with Crippen LogP contribution in [0.15, 0.2) is 12.3 Å². The van der Waals surface area contributed by atoms with Crippen LogP contribution in [-0.4, -0.2) is 62.1 Å². The number of amides is 1. The van der Waals surface area contributed by atoms with E-state index in [1.54, 1.807) is 4.68 Å². The third-order valence-corrected chi connectivity index (χ3v) is 6.33. The van der Waals surface area contributed by atoms with Gasteiger partial charge in [0, 0.05) is 68.9 Å². The second-order valence-corrected chi connectivity index (χ2v) is 8.63. The molecule has 4 heterocycles. The number of rotatable bonds is 3. The van der Waals surface area contributed by atoms with E-state index in [4.69, 9.17) is 4.98 Å². The molecule has 2 fully saturated rings. The van der Waals surface area contributed by atoms with Crippen LogP contribution in [0.25, 0.3) is 0 Å². The van der Waals surface area contributed by atoms with Crippen LogP contribution in [-0.2, 0) is 20.0 Å². The number of aromatic nitrogens is 4. The fourth-order valence-electron chi connectivity index (χ4n) is 4.47.